The van der Waals surface area contributed by atoms with Gasteiger partial charge in [0.25, 0.3) is 0 Å². The Morgan fingerprint density at radius 1 is 1.39 bits per heavy atom. The molecule has 0 aromatic heterocycles. The number of rotatable bonds is 5. The zero-order valence-corrected chi connectivity index (χ0v) is 14.2. The molecule has 1 aromatic carbocycles. The summed E-state index contributed by atoms with van der Waals surface area (Å²) < 4.78 is 23.6. The van der Waals surface area contributed by atoms with Gasteiger partial charge in [-0.2, -0.15) is 4.31 Å². The van der Waals surface area contributed by atoms with Crippen molar-refractivity contribution in [2.75, 3.05) is 25.2 Å². The van der Waals surface area contributed by atoms with Gasteiger partial charge in [-0.15, -0.1) is 0 Å². The quantitative estimate of drug-likeness (QED) is 0.823. The highest BCUT2D eigenvalue weighted by molar-refractivity contribution is 7.88. The van der Waals surface area contributed by atoms with Gasteiger partial charge in [0, 0.05) is 19.2 Å². The van der Waals surface area contributed by atoms with Crippen LogP contribution >= 0.6 is 0 Å². The van der Waals surface area contributed by atoms with Crippen LogP contribution in [0.5, 0.6) is 0 Å². The van der Waals surface area contributed by atoms with Gasteiger partial charge in [0.2, 0.25) is 21.8 Å². The van der Waals surface area contributed by atoms with Crippen molar-refractivity contribution in [2.24, 2.45) is 0 Å². The predicted octanol–water partition coefficient (Wildman–Crippen LogP) is 0.640. The molecular weight excluding hydrogens is 318 g/mol. The Kier molecular flexibility index (Phi) is 5.06. The maximum Gasteiger partial charge on any atom is 0.235 e. The molecule has 0 bridgehead atoms. The van der Waals surface area contributed by atoms with E-state index in [2.05, 4.69) is 10.6 Å². The van der Waals surface area contributed by atoms with Crippen LogP contribution in [-0.4, -0.2) is 44.4 Å². The fraction of sp³-hybridized carbons (Fsp3) is 0.467. The standard InChI is InChI=1S/C15H21N3O4S/c1-10(16-15(20)9-18(2)23(3,21)22)11-4-6-13-12(8-11)5-7-14(19)17-13/h4,6,8,10H,5,7,9H2,1-3H3,(H,16,20)(H,17,19)/t10-/m0/s1. The lowest BCUT2D eigenvalue weighted by Crippen LogP contribution is -2.38. The summed E-state index contributed by atoms with van der Waals surface area (Å²) in [7, 11) is -2.02. The first-order valence-corrected chi connectivity index (χ1v) is 9.15. The summed E-state index contributed by atoms with van der Waals surface area (Å²) >= 11 is 0. The van der Waals surface area contributed by atoms with E-state index in [1.807, 2.05) is 25.1 Å². The fourth-order valence-corrected chi connectivity index (χ4v) is 2.71. The van der Waals surface area contributed by atoms with E-state index in [0.29, 0.717) is 12.8 Å². The highest BCUT2D eigenvalue weighted by Crippen LogP contribution is 2.26. The molecule has 0 unspecified atom stereocenters. The molecule has 0 saturated heterocycles. The van der Waals surface area contributed by atoms with Gasteiger partial charge in [-0.25, -0.2) is 8.42 Å². The lowest BCUT2D eigenvalue weighted by atomic mass is 9.98. The molecule has 0 aliphatic carbocycles. The van der Waals surface area contributed by atoms with E-state index < -0.39 is 10.0 Å². The molecule has 2 amide bonds. The second-order valence-electron chi connectivity index (χ2n) is 5.77. The molecule has 0 spiro atoms. The van der Waals surface area contributed by atoms with Gasteiger partial charge in [0.1, 0.15) is 0 Å². The van der Waals surface area contributed by atoms with Gasteiger partial charge >= 0.3 is 0 Å². The van der Waals surface area contributed by atoms with E-state index in [4.69, 9.17) is 0 Å². The number of nitrogens with one attached hydrogen (secondary N) is 2. The average molecular weight is 339 g/mol. The smallest absolute Gasteiger partial charge is 0.235 e. The summed E-state index contributed by atoms with van der Waals surface area (Å²) in [4.78, 5) is 23.3. The monoisotopic (exact) mass is 339 g/mol. The number of carbonyl (C=O) groups is 2. The van der Waals surface area contributed by atoms with Gasteiger partial charge in [-0.05, 0) is 30.5 Å². The molecule has 2 N–H and O–H groups in total. The number of hydrogen-bond acceptors (Lipinski definition) is 4. The van der Waals surface area contributed by atoms with Crippen LogP contribution in [-0.2, 0) is 26.0 Å². The topological polar surface area (TPSA) is 95.6 Å². The first kappa shape index (κ1) is 17.4. The van der Waals surface area contributed by atoms with Gasteiger partial charge in [0.05, 0.1) is 18.8 Å². The lowest BCUT2D eigenvalue weighted by Gasteiger charge is -2.21. The molecule has 7 nitrogen and oxygen atoms in total. The Balaban J connectivity index is 2.02. The molecule has 126 valence electrons. The molecule has 1 atom stereocenters. The van der Waals surface area contributed by atoms with Gasteiger partial charge in [-0.3, -0.25) is 9.59 Å². The molecule has 2 rings (SSSR count). The van der Waals surface area contributed by atoms with E-state index in [1.165, 1.54) is 7.05 Å². The molecule has 0 radical (unpaired) electrons. The highest BCUT2D eigenvalue weighted by Gasteiger charge is 2.19. The molecule has 1 aliphatic heterocycles. The number of aryl methyl sites for hydroxylation is 1. The molecule has 0 saturated carbocycles. The Morgan fingerprint density at radius 3 is 2.74 bits per heavy atom. The SMILES string of the molecule is C[C@H](NC(=O)CN(C)S(C)(=O)=O)c1ccc2c(c1)CCC(=O)N2. The van der Waals surface area contributed by atoms with Crippen LogP contribution in [0.25, 0.3) is 0 Å². The van der Waals surface area contributed by atoms with Crippen LogP contribution in [0.15, 0.2) is 18.2 Å². The van der Waals surface area contributed by atoms with Crippen molar-refractivity contribution in [3.05, 3.63) is 29.3 Å². The van der Waals surface area contributed by atoms with Crippen molar-refractivity contribution in [3.63, 3.8) is 0 Å². The number of fused-ring (bicyclic) bond motifs is 1. The summed E-state index contributed by atoms with van der Waals surface area (Å²) in [5.41, 5.74) is 2.76. The summed E-state index contributed by atoms with van der Waals surface area (Å²) in [6.45, 7) is 1.62. The van der Waals surface area contributed by atoms with Crippen LogP contribution < -0.4 is 10.6 Å². The Labute approximate surface area is 136 Å². The van der Waals surface area contributed by atoms with Crippen LogP contribution in [0.2, 0.25) is 0 Å². The van der Waals surface area contributed by atoms with E-state index in [1.54, 1.807) is 0 Å². The molecule has 1 aliphatic rings. The van der Waals surface area contributed by atoms with E-state index in [9.17, 15) is 18.0 Å². The average Bonchev–Trinajstić information content (AvgIpc) is 2.45. The van der Waals surface area contributed by atoms with Crippen molar-refractivity contribution in [2.45, 2.75) is 25.8 Å². The number of carbonyl (C=O) groups excluding carboxylic acids is 2. The third-order valence-corrected chi connectivity index (χ3v) is 5.10. The normalized spacial score (nSPS) is 15.7. The summed E-state index contributed by atoms with van der Waals surface area (Å²) in [5, 5.41) is 5.59. The van der Waals surface area contributed by atoms with Crippen LogP contribution in [0.1, 0.15) is 30.5 Å². The second kappa shape index (κ2) is 6.67. The zero-order chi connectivity index (χ0) is 17.2. The summed E-state index contributed by atoms with van der Waals surface area (Å²) in [6, 6.07) is 5.38. The zero-order valence-electron chi connectivity index (χ0n) is 13.4. The Morgan fingerprint density at radius 2 is 2.09 bits per heavy atom. The van der Waals surface area contributed by atoms with Crippen molar-refractivity contribution in [1.29, 1.82) is 0 Å². The third-order valence-electron chi connectivity index (χ3n) is 3.83. The second-order valence-corrected chi connectivity index (χ2v) is 7.86. The predicted molar refractivity (Wildman–Crippen MR) is 87.4 cm³/mol. The minimum Gasteiger partial charge on any atom is -0.348 e. The largest absolute Gasteiger partial charge is 0.348 e. The van der Waals surface area contributed by atoms with Crippen molar-refractivity contribution >= 4 is 27.5 Å². The molecule has 8 heteroatoms. The van der Waals surface area contributed by atoms with E-state index in [0.717, 1.165) is 27.4 Å². The fourth-order valence-electron chi connectivity index (χ4n) is 2.36. The Hall–Kier alpha value is -1.93. The van der Waals surface area contributed by atoms with E-state index in [-0.39, 0.29) is 24.4 Å². The molecular formula is C15H21N3O4S. The third kappa shape index (κ3) is 4.52. The van der Waals surface area contributed by atoms with Crippen molar-refractivity contribution in [1.82, 2.24) is 9.62 Å². The van der Waals surface area contributed by atoms with E-state index >= 15 is 0 Å². The maximum absolute atomic E-state index is 11.9. The molecule has 23 heavy (non-hydrogen) atoms. The summed E-state index contributed by atoms with van der Waals surface area (Å²) in [5.74, 6) is -0.355. The summed E-state index contributed by atoms with van der Waals surface area (Å²) in [6.07, 6.45) is 2.18. The van der Waals surface area contributed by atoms with Gasteiger partial charge < -0.3 is 10.6 Å². The minimum atomic E-state index is -3.38. The number of nitrogens with zero attached hydrogens (tertiary/aromatic N) is 1. The number of hydrogen-bond donors (Lipinski definition) is 2. The van der Waals surface area contributed by atoms with Crippen molar-refractivity contribution in [3.8, 4) is 0 Å². The van der Waals surface area contributed by atoms with Gasteiger partial charge in [0.15, 0.2) is 0 Å². The van der Waals surface area contributed by atoms with Crippen molar-refractivity contribution < 1.29 is 18.0 Å². The first-order valence-electron chi connectivity index (χ1n) is 7.30. The van der Waals surface area contributed by atoms with Crippen LogP contribution in [0.3, 0.4) is 0 Å². The molecule has 1 aromatic rings. The van der Waals surface area contributed by atoms with Crippen LogP contribution in [0, 0.1) is 0 Å². The first-order chi connectivity index (χ1) is 10.7. The number of amides is 2. The number of benzene rings is 1. The highest BCUT2D eigenvalue weighted by atomic mass is 32.2. The lowest BCUT2D eigenvalue weighted by molar-refractivity contribution is -0.121. The minimum absolute atomic E-state index is 0.00964. The number of sulfonamides is 1. The Bertz CT molecular complexity index is 730. The number of likely N-dealkylation sites (N-methyl/N-ethyl adjacent to an activating group) is 1. The van der Waals surface area contributed by atoms with Crippen LogP contribution in [0.4, 0.5) is 5.69 Å². The van der Waals surface area contributed by atoms with Gasteiger partial charge in [-0.1, -0.05) is 12.1 Å². The molecule has 0 fully saturated rings. The molecule has 1 heterocycles. The maximum atomic E-state index is 11.9. The number of anilines is 1.